The molecule has 0 radical (unpaired) electrons. The lowest BCUT2D eigenvalue weighted by atomic mass is 9.89. The molecule has 3 heteroatoms. The highest BCUT2D eigenvalue weighted by Crippen LogP contribution is 2.43. The maximum atomic E-state index is 10.8. The highest BCUT2D eigenvalue weighted by Gasteiger charge is 2.33. The van der Waals surface area contributed by atoms with Gasteiger partial charge < -0.3 is 0 Å². The molecule has 1 atom stereocenters. The SMILES string of the molecule is N#CC(C#N)C1CC(=C=O)c2ccccc21. The molecule has 0 bridgehead atoms. The van der Waals surface area contributed by atoms with E-state index in [4.69, 9.17) is 10.5 Å². The molecular weight excluding hydrogens is 200 g/mol. The number of hydrogen-bond acceptors (Lipinski definition) is 3. The fourth-order valence-corrected chi connectivity index (χ4v) is 2.14. The van der Waals surface area contributed by atoms with Gasteiger partial charge in [0.1, 0.15) is 11.9 Å². The lowest BCUT2D eigenvalue weighted by Crippen LogP contribution is -2.05. The molecule has 1 aromatic carbocycles. The Hall–Kier alpha value is -2.35. The topological polar surface area (TPSA) is 64.7 Å². The number of nitrogens with zero attached hydrogens (tertiary/aromatic N) is 2. The third kappa shape index (κ3) is 1.41. The predicted octanol–water partition coefficient (Wildman–Crippen LogP) is 2.05. The number of allylic oxidation sites excluding steroid dienone is 1. The smallest absolute Gasteiger partial charge is 0.140 e. The van der Waals surface area contributed by atoms with Crippen molar-refractivity contribution in [3.8, 4) is 12.1 Å². The largest absolute Gasteiger partial charge is 0.233 e. The fourth-order valence-electron chi connectivity index (χ4n) is 2.14. The van der Waals surface area contributed by atoms with Crippen molar-refractivity contribution in [2.24, 2.45) is 5.92 Å². The first kappa shape index (κ1) is 10.2. The Balaban J connectivity index is 2.54. The summed E-state index contributed by atoms with van der Waals surface area (Å²) in [6, 6.07) is 11.3. The van der Waals surface area contributed by atoms with Gasteiger partial charge in [-0.2, -0.15) is 10.5 Å². The first-order valence-electron chi connectivity index (χ1n) is 4.94. The van der Waals surface area contributed by atoms with Crippen molar-refractivity contribution in [1.82, 2.24) is 0 Å². The second kappa shape index (κ2) is 4.03. The molecule has 1 unspecified atom stereocenters. The molecule has 0 amide bonds. The van der Waals surface area contributed by atoms with Gasteiger partial charge in [0, 0.05) is 11.5 Å². The lowest BCUT2D eigenvalue weighted by molar-refractivity contribution is 0.568. The van der Waals surface area contributed by atoms with Gasteiger partial charge in [0.15, 0.2) is 0 Å². The molecule has 0 aliphatic heterocycles. The molecule has 0 aromatic heterocycles. The summed E-state index contributed by atoms with van der Waals surface area (Å²) in [5, 5.41) is 17.8. The van der Waals surface area contributed by atoms with Gasteiger partial charge in [-0.05, 0) is 17.5 Å². The number of benzene rings is 1. The molecule has 1 aliphatic rings. The Morgan fingerprint density at radius 3 is 2.56 bits per heavy atom. The van der Waals surface area contributed by atoms with Crippen LogP contribution in [0.3, 0.4) is 0 Å². The van der Waals surface area contributed by atoms with Crippen LogP contribution in [0.15, 0.2) is 24.3 Å². The molecule has 76 valence electrons. The van der Waals surface area contributed by atoms with Crippen LogP contribution in [0.5, 0.6) is 0 Å². The molecule has 1 aromatic rings. The second-order valence-electron chi connectivity index (χ2n) is 3.71. The number of nitriles is 2. The van der Waals surface area contributed by atoms with E-state index in [2.05, 4.69) is 0 Å². The van der Waals surface area contributed by atoms with Gasteiger partial charge in [-0.25, -0.2) is 4.79 Å². The maximum Gasteiger partial charge on any atom is 0.140 e. The van der Waals surface area contributed by atoms with Crippen LogP contribution in [0.2, 0.25) is 0 Å². The zero-order valence-electron chi connectivity index (χ0n) is 8.47. The summed E-state index contributed by atoms with van der Waals surface area (Å²) in [7, 11) is 0. The Morgan fingerprint density at radius 1 is 1.25 bits per heavy atom. The quantitative estimate of drug-likeness (QED) is 0.663. The Kier molecular flexibility index (Phi) is 2.56. The van der Waals surface area contributed by atoms with Crippen LogP contribution in [0.1, 0.15) is 23.5 Å². The Labute approximate surface area is 93.2 Å². The van der Waals surface area contributed by atoms with Crippen LogP contribution in [0, 0.1) is 28.6 Å². The molecule has 3 nitrogen and oxygen atoms in total. The Morgan fingerprint density at radius 2 is 1.94 bits per heavy atom. The second-order valence-corrected chi connectivity index (χ2v) is 3.71. The van der Waals surface area contributed by atoms with Crippen molar-refractivity contribution < 1.29 is 4.79 Å². The van der Waals surface area contributed by atoms with E-state index in [1.165, 1.54) is 0 Å². The van der Waals surface area contributed by atoms with Crippen LogP contribution < -0.4 is 0 Å². The molecule has 0 heterocycles. The monoisotopic (exact) mass is 208 g/mol. The number of hydrogen-bond donors (Lipinski definition) is 0. The third-order valence-electron chi connectivity index (χ3n) is 2.91. The summed E-state index contributed by atoms with van der Waals surface area (Å²) in [5.41, 5.74) is 2.31. The van der Waals surface area contributed by atoms with E-state index >= 15 is 0 Å². The maximum absolute atomic E-state index is 10.8. The van der Waals surface area contributed by atoms with Crippen LogP contribution in [-0.2, 0) is 4.79 Å². The van der Waals surface area contributed by atoms with Crippen LogP contribution >= 0.6 is 0 Å². The highest BCUT2D eigenvalue weighted by molar-refractivity contribution is 5.91. The molecule has 0 N–H and O–H groups in total. The minimum atomic E-state index is -0.702. The molecule has 1 aliphatic carbocycles. The fraction of sp³-hybridized carbons (Fsp3) is 0.231. The van der Waals surface area contributed by atoms with Crippen molar-refractivity contribution in [1.29, 1.82) is 10.5 Å². The molecule has 2 rings (SSSR count). The van der Waals surface area contributed by atoms with E-state index < -0.39 is 5.92 Å². The minimum absolute atomic E-state index is 0.192. The zero-order valence-corrected chi connectivity index (χ0v) is 8.47. The highest BCUT2D eigenvalue weighted by atomic mass is 16.1. The Bertz CT molecular complexity index is 542. The number of carbonyl (C=O) groups excluding carboxylic acids is 1. The summed E-state index contributed by atoms with van der Waals surface area (Å²) in [6.07, 6.45) is 0.439. The normalized spacial score (nSPS) is 17.4. The van der Waals surface area contributed by atoms with E-state index in [9.17, 15) is 4.79 Å². The van der Waals surface area contributed by atoms with Crippen LogP contribution in [0.4, 0.5) is 0 Å². The molecule has 0 saturated heterocycles. The van der Waals surface area contributed by atoms with Crippen molar-refractivity contribution in [2.75, 3.05) is 0 Å². The first-order valence-corrected chi connectivity index (χ1v) is 4.94. The first-order chi connectivity index (χ1) is 7.81. The van der Waals surface area contributed by atoms with E-state index in [0.29, 0.717) is 12.0 Å². The van der Waals surface area contributed by atoms with E-state index in [1.54, 1.807) is 0 Å². The van der Waals surface area contributed by atoms with Crippen LogP contribution in [0.25, 0.3) is 5.57 Å². The van der Waals surface area contributed by atoms with Gasteiger partial charge in [0.25, 0.3) is 0 Å². The molecule has 16 heavy (non-hydrogen) atoms. The van der Waals surface area contributed by atoms with E-state index in [1.807, 2.05) is 42.3 Å². The summed E-state index contributed by atoms with van der Waals surface area (Å²) in [6.45, 7) is 0. The van der Waals surface area contributed by atoms with E-state index in [0.717, 1.165) is 11.1 Å². The van der Waals surface area contributed by atoms with Crippen molar-refractivity contribution in [3.63, 3.8) is 0 Å². The average Bonchev–Trinajstić information content (AvgIpc) is 2.70. The predicted molar refractivity (Wildman–Crippen MR) is 57.6 cm³/mol. The summed E-state index contributed by atoms with van der Waals surface area (Å²) in [4.78, 5) is 10.8. The molecule has 0 spiro atoms. The van der Waals surface area contributed by atoms with Gasteiger partial charge in [0.2, 0.25) is 0 Å². The third-order valence-corrected chi connectivity index (χ3v) is 2.91. The summed E-state index contributed by atoms with van der Waals surface area (Å²) >= 11 is 0. The zero-order chi connectivity index (χ0) is 11.5. The van der Waals surface area contributed by atoms with Crippen molar-refractivity contribution in [2.45, 2.75) is 12.3 Å². The van der Waals surface area contributed by atoms with Gasteiger partial charge in [-0.3, -0.25) is 0 Å². The van der Waals surface area contributed by atoms with Gasteiger partial charge in [-0.15, -0.1) is 0 Å². The van der Waals surface area contributed by atoms with Gasteiger partial charge in [0.05, 0.1) is 12.1 Å². The molecule has 0 fully saturated rings. The molecule has 0 saturated carbocycles. The average molecular weight is 208 g/mol. The minimum Gasteiger partial charge on any atom is -0.233 e. The number of rotatable bonds is 1. The van der Waals surface area contributed by atoms with Gasteiger partial charge in [-0.1, -0.05) is 24.3 Å². The van der Waals surface area contributed by atoms with Crippen molar-refractivity contribution >= 4 is 11.5 Å². The summed E-state index contributed by atoms with van der Waals surface area (Å²) in [5.74, 6) is 1.01. The number of fused-ring (bicyclic) bond motifs is 1. The molecular formula is C13H8N2O. The van der Waals surface area contributed by atoms with Gasteiger partial charge >= 0.3 is 0 Å². The van der Waals surface area contributed by atoms with Crippen molar-refractivity contribution in [3.05, 3.63) is 35.4 Å². The van der Waals surface area contributed by atoms with Crippen LogP contribution in [-0.4, -0.2) is 5.94 Å². The summed E-state index contributed by atoms with van der Waals surface area (Å²) < 4.78 is 0. The standard InChI is InChI=1S/C13H8N2O/c14-6-10(7-15)13-5-9(8-16)11-3-1-2-4-12(11)13/h1-4,10,13H,5H2. The lowest BCUT2D eigenvalue weighted by Gasteiger charge is -2.09. The van der Waals surface area contributed by atoms with E-state index in [-0.39, 0.29) is 5.92 Å².